The summed E-state index contributed by atoms with van der Waals surface area (Å²) in [5.74, 6) is -2.65. The standard InChI is InChI=1S/C26H30N8O4S/c1-4-28-24(37)33-26(20-13-27-8-6-25(20,2)23(35)36)32-7-5-9-34(26)16-10-17(22-18(11-16)31-15-39-22)19-12-30-21(38-3)14-29-19/h5,7,9-12,14-15,20,27H,4,6,8,13H2,1-3H3,(H,35,36)(H2,28,33,37). The first-order valence-electron chi connectivity index (χ1n) is 12.6. The van der Waals surface area contributed by atoms with Crippen LogP contribution in [0.1, 0.15) is 20.3 Å². The molecule has 3 atom stereocenters. The van der Waals surface area contributed by atoms with Gasteiger partial charge in [0.2, 0.25) is 11.7 Å². The summed E-state index contributed by atoms with van der Waals surface area (Å²) < 4.78 is 6.09. The number of ether oxygens (including phenoxy) is 1. The summed E-state index contributed by atoms with van der Waals surface area (Å²) in [7, 11) is 1.53. The largest absolute Gasteiger partial charge is 0.481 e. The Morgan fingerprint density at radius 1 is 1.28 bits per heavy atom. The number of nitrogens with zero attached hydrogens (tertiary/aromatic N) is 5. The Bertz CT molecular complexity index is 1440. The molecule has 13 heteroatoms. The van der Waals surface area contributed by atoms with Gasteiger partial charge in [-0.15, -0.1) is 11.3 Å². The van der Waals surface area contributed by atoms with Gasteiger partial charge in [0.25, 0.3) is 0 Å². The number of allylic oxidation sites excluding steroid dienone is 1. The lowest BCUT2D eigenvalue weighted by Gasteiger charge is -2.52. The molecule has 1 saturated heterocycles. The number of aliphatic carboxylic acids is 1. The monoisotopic (exact) mass is 550 g/mol. The highest BCUT2D eigenvalue weighted by atomic mass is 32.1. The number of fused-ring (bicyclic) bond motifs is 1. The number of carbonyl (C=O) groups is 2. The van der Waals surface area contributed by atoms with Crippen LogP contribution in [0.5, 0.6) is 5.88 Å². The highest BCUT2D eigenvalue weighted by Gasteiger charge is 2.57. The number of methoxy groups -OCH3 is 1. The summed E-state index contributed by atoms with van der Waals surface area (Å²) in [4.78, 5) is 45.8. The van der Waals surface area contributed by atoms with E-state index in [9.17, 15) is 14.7 Å². The average molecular weight is 551 g/mol. The van der Waals surface area contributed by atoms with Gasteiger partial charge in [-0.05, 0) is 45.0 Å². The third-order valence-electron chi connectivity index (χ3n) is 7.32. The second-order valence-corrected chi connectivity index (χ2v) is 10.4. The third-order valence-corrected chi connectivity index (χ3v) is 8.19. The molecule has 5 rings (SSSR count). The van der Waals surface area contributed by atoms with Crippen molar-refractivity contribution in [2.24, 2.45) is 16.3 Å². The van der Waals surface area contributed by atoms with Crippen molar-refractivity contribution in [2.75, 3.05) is 31.6 Å². The summed E-state index contributed by atoms with van der Waals surface area (Å²) >= 11 is 1.48. The van der Waals surface area contributed by atoms with Gasteiger partial charge < -0.3 is 25.4 Å². The van der Waals surface area contributed by atoms with E-state index >= 15 is 0 Å². The molecule has 2 aliphatic rings. The number of urea groups is 1. The van der Waals surface area contributed by atoms with Crippen molar-refractivity contribution in [1.29, 1.82) is 0 Å². The first-order valence-corrected chi connectivity index (χ1v) is 13.5. The van der Waals surface area contributed by atoms with Gasteiger partial charge in [-0.1, -0.05) is 0 Å². The smallest absolute Gasteiger partial charge is 0.318 e. The maximum Gasteiger partial charge on any atom is 0.318 e. The molecule has 0 radical (unpaired) electrons. The summed E-state index contributed by atoms with van der Waals surface area (Å²) in [6, 6.07) is 3.38. The number of hydrogen-bond donors (Lipinski definition) is 4. The third kappa shape index (κ3) is 4.68. The van der Waals surface area contributed by atoms with Crippen LogP contribution in [-0.2, 0) is 4.79 Å². The maximum absolute atomic E-state index is 13.1. The van der Waals surface area contributed by atoms with E-state index < -0.39 is 29.1 Å². The molecule has 4 heterocycles. The van der Waals surface area contributed by atoms with Gasteiger partial charge >= 0.3 is 12.0 Å². The van der Waals surface area contributed by atoms with Crippen LogP contribution in [0.15, 0.2) is 47.3 Å². The molecule has 2 aliphatic heterocycles. The Hall–Kier alpha value is -4.10. The van der Waals surface area contributed by atoms with Gasteiger partial charge in [-0.2, -0.15) is 0 Å². The van der Waals surface area contributed by atoms with Gasteiger partial charge in [0.05, 0.1) is 52.3 Å². The van der Waals surface area contributed by atoms with Crippen LogP contribution in [0, 0.1) is 11.3 Å². The number of aliphatic imine (C=N–C) groups is 1. The fraction of sp³-hybridized carbons (Fsp3) is 0.385. The van der Waals surface area contributed by atoms with Crippen molar-refractivity contribution in [3.05, 3.63) is 42.3 Å². The number of piperidine rings is 1. The minimum atomic E-state index is -1.46. The minimum Gasteiger partial charge on any atom is -0.481 e. The normalized spacial score (nSPS) is 24.5. The molecule has 204 valence electrons. The minimum absolute atomic E-state index is 0.326. The summed E-state index contributed by atoms with van der Waals surface area (Å²) in [5, 5.41) is 19.5. The number of aromatic nitrogens is 3. The number of rotatable bonds is 7. The van der Waals surface area contributed by atoms with Crippen LogP contribution in [0.25, 0.3) is 21.5 Å². The van der Waals surface area contributed by atoms with Crippen molar-refractivity contribution in [3.8, 4) is 17.1 Å². The number of anilines is 1. The fourth-order valence-electron chi connectivity index (χ4n) is 5.23. The molecule has 0 bridgehead atoms. The number of carboxylic acids is 1. The zero-order valence-corrected chi connectivity index (χ0v) is 22.7. The number of nitrogens with one attached hydrogen (secondary N) is 3. The number of carboxylic acid groups (broad SMARTS) is 1. The molecular formula is C26H30N8O4S. The van der Waals surface area contributed by atoms with Gasteiger partial charge in [0.15, 0.2) is 0 Å². The van der Waals surface area contributed by atoms with Crippen LogP contribution in [0.2, 0.25) is 0 Å². The molecule has 3 aromatic rings. The number of amides is 2. The topological polar surface area (TPSA) is 154 Å². The van der Waals surface area contributed by atoms with E-state index in [1.54, 1.807) is 43.3 Å². The van der Waals surface area contributed by atoms with Crippen molar-refractivity contribution in [1.82, 2.24) is 30.9 Å². The van der Waals surface area contributed by atoms with E-state index in [0.29, 0.717) is 43.3 Å². The van der Waals surface area contributed by atoms with Gasteiger partial charge in [0, 0.05) is 36.8 Å². The predicted octanol–water partition coefficient (Wildman–Crippen LogP) is 2.84. The van der Waals surface area contributed by atoms with Gasteiger partial charge in [0.1, 0.15) is 0 Å². The molecule has 1 fully saturated rings. The molecule has 1 aromatic carbocycles. The Morgan fingerprint density at radius 2 is 2.13 bits per heavy atom. The lowest BCUT2D eigenvalue weighted by Crippen LogP contribution is -2.71. The number of thiazole rings is 1. The summed E-state index contributed by atoms with van der Waals surface area (Å²) in [5.41, 5.74) is 3.37. The lowest BCUT2D eigenvalue weighted by molar-refractivity contribution is -0.155. The highest BCUT2D eigenvalue weighted by molar-refractivity contribution is 7.17. The van der Waals surface area contributed by atoms with Crippen molar-refractivity contribution >= 4 is 45.5 Å². The van der Waals surface area contributed by atoms with Crippen LogP contribution in [-0.4, -0.2) is 70.8 Å². The molecule has 2 aromatic heterocycles. The second-order valence-electron chi connectivity index (χ2n) is 9.57. The van der Waals surface area contributed by atoms with Crippen molar-refractivity contribution in [2.45, 2.75) is 26.1 Å². The number of carbonyl (C=O) groups excluding carboxylic acids is 1. The second kappa shape index (κ2) is 10.6. The molecule has 2 amide bonds. The fourth-order valence-corrected chi connectivity index (χ4v) is 6.02. The SMILES string of the molecule is CCNC(=O)NC1(C2CNCCC2(C)C(=O)O)N=CC=CN1c1cc(-c2cnc(OC)cn2)c2scnc2c1. The first-order chi connectivity index (χ1) is 18.8. The predicted molar refractivity (Wildman–Crippen MR) is 149 cm³/mol. The molecule has 0 saturated carbocycles. The summed E-state index contributed by atoms with van der Waals surface area (Å²) in [6.07, 6.45) is 8.70. The Balaban J connectivity index is 1.70. The Morgan fingerprint density at radius 3 is 2.85 bits per heavy atom. The number of hydrogen-bond acceptors (Lipinski definition) is 10. The highest BCUT2D eigenvalue weighted by Crippen LogP contribution is 2.46. The molecular weight excluding hydrogens is 520 g/mol. The molecule has 0 aliphatic carbocycles. The van der Waals surface area contributed by atoms with Crippen LogP contribution in [0.4, 0.5) is 10.5 Å². The first kappa shape index (κ1) is 26.5. The molecule has 39 heavy (non-hydrogen) atoms. The molecule has 12 nitrogen and oxygen atoms in total. The van der Waals surface area contributed by atoms with Crippen LogP contribution >= 0.6 is 11.3 Å². The zero-order valence-electron chi connectivity index (χ0n) is 21.8. The van der Waals surface area contributed by atoms with Crippen molar-refractivity contribution < 1.29 is 19.4 Å². The molecule has 4 N–H and O–H groups in total. The van der Waals surface area contributed by atoms with E-state index in [1.165, 1.54) is 18.4 Å². The molecule has 3 unspecified atom stereocenters. The van der Waals surface area contributed by atoms with E-state index in [4.69, 9.17) is 9.73 Å². The van der Waals surface area contributed by atoms with E-state index in [1.807, 2.05) is 24.0 Å². The van der Waals surface area contributed by atoms with Gasteiger partial charge in [-0.25, -0.2) is 24.7 Å². The van der Waals surface area contributed by atoms with Crippen molar-refractivity contribution in [3.63, 3.8) is 0 Å². The Labute approximate surface area is 229 Å². The molecule has 0 spiro atoms. The lowest BCUT2D eigenvalue weighted by atomic mass is 9.68. The quantitative estimate of drug-likeness (QED) is 0.348. The van der Waals surface area contributed by atoms with Crippen LogP contribution < -0.4 is 25.6 Å². The van der Waals surface area contributed by atoms with E-state index in [2.05, 4.69) is 30.9 Å². The zero-order chi connectivity index (χ0) is 27.6. The maximum atomic E-state index is 13.1. The van der Waals surface area contributed by atoms with Gasteiger partial charge in [-0.3, -0.25) is 10.1 Å². The number of benzene rings is 1. The van der Waals surface area contributed by atoms with E-state index in [0.717, 1.165) is 15.8 Å². The average Bonchev–Trinajstić information content (AvgIpc) is 3.42. The van der Waals surface area contributed by atoms with Crippen LogP contribution in [0.3, 0.4) is 0 Å². The summed E-state index contributed by atoms with van der Waals surface area (Å²) in [6.45, 7) is 4.80. The van der Waals surface area contributed by atoms with E-state index in [-0.39, 0.29) is 0 Å². The Kier molecular flexibility index (Phi) is 7.19.